The molecule has 19 heavy (non-hydrogen) atoms. The Labute approximate surface area is 109 Å². The van der Waals surface area contributed by atoms with Gasteiger partial charge in [-0.25, -0.2) is 0 Å². The number of alkyl halides is 3. The molecule has 1 saturated heterocycles. The van der Waals surface area contributed by atoms with Gasteiger partial charge in [-0.2, -0.15) is 13.2 Å². The Morgan fingerprint density at radius 2 is 2.16 bits per heavy atom. The fraction of sp³-hybridized carbons (Fsp3) is 0.538. The molecule has 0 spiro atoms. The highest BCUT2D eigenvalue weighted by atomic mass is 19.4. The van der Waals surface area contributed by atoms with E-state index in [0.717, 1.165) is 0 Å². The molecule has 0 bridgehead atoms. The molecule has 1 aliphatic heterocycles. The summed E-state index contributed by atoms with van der Waals surface area (Å²) in [6.45, 7) is -0.438. The largest absolute Gasteiger partial charge is 0.508 e. The molecule has 0 amide bonds. The van der Waals surface area contributed by atoms with Crippen molar-refractivity contribution < 1.29 is 23.0 Å². The monoisotopic (exact) mass is 275 g/mol. The summed E-state index contributed by atoms with van der Waals surface area (Å²) >= 11 is 0. The number of likely N-dealkylation sites (tertiary alicyclic amines) is 1. The lowest BCUT2D eigenvalue weighted by molar-refractivity contribution is -0.146. The molecule has 1 heterocycles. The molecule has 1 atom stereocenters. The Bertz CT molecular complexity index is 450. The van der Waals surface area contributed by atoms with Crippen LogP contribution in [-0.4, -0.2) is 42.9 Å². The first-order valence-corrected chi connectivity index (χ1v) is 5.98. The summed E-state index contributed by atoms with van der Waals surface area (Å²) in [7, 11) is 1.49. The predicted octanol–water partition coefficient (Wildman–Crippen LogP) is 2.50. The van der Waals surface area contributed by atoms with Crippen LogP contribution in [0.1, 0.15) is 12.0 Å². The van der Waals surface area contributed by atoms with E-state index in [1.165, 1.54) is 18.1 Å². The van der Waals surface area contributed by atoms with Gasteiger partial charge >= 0.3 is 6.18 Å². The molecule has 3 nitrogen and oxygen atoms in total. The van der Waals surface area contributed by atoms with Crippen molar-refractivity contribution in [2.24, 2.45) is 0 Å². The lowest BCUT2D eigenvalue weighted by Crippen LogP contribution is -2.37. The third-order valence-electron chi connectivity index (χ3n) is 3.48. The van der Waals surface area contributed by atoms with Crippen molar-refractivity contribution in [1.29, 1.82) is 0 Å². The number of benzene rings is 1. The molecule has 1 aliphatic rings. The molecule has 1 aromatic rings. The van der Waals surface area contributed by atoms with E-state index in [9.17, 15) is 18.3 Å². The third kappa shape index (κ3) is 3.19. The lowest BCUT2D eigenvalue weighted by atomic mass is 9.92. The number of hydrogen-bond acceptors (Lipinski definition) is 3. The molecule has 1 aromatic carbocycles. The van der Waals surface area contributed by atoms with Crippen LogP contribution in [0.25, 0.3) is 0 Å². The van der Waals surface area contributed by atoms with Gasteiger partial charge in [-0.1, -0.05) is 12.1 Å². The summed E-state index contributed by atoms with van der Waals surface area (Å²) in [5.41, 5.74) is -0.0658. The van der Waals surface area contributed by atoms with Crippen molar-refractivity contribution >= 4 is 0 Å². The van der Waals surface area contributed by atoms with Crippen molar-refractivity contribution in [1.82, 2.24) is 4.90 Å². The van der Waals surface area contributed by atoms with Crippen LogP contribution in [0.15, 0.2) is 24.3 Å². The quantitative estimate of drug-likeness (QED) is 0.920. The standard InChI is InChI=1S/C13H16F3NO2/c1-19-12(10-3-2-4-11(18)7-10)5-6-17(8-12)9-13(14,15)16/h2-4,7,18H,5-6,8-9H2,1H3. The topological polar surface area (TPSA) is 32.7 Å². The highest BCUT2D eigenvalue weighted by Crippen LogP contribution is 2.37. The average molecular weight is 275 g/mol. The summed E-state index contributed by atoms with van der Waals surface area (Å²) in [6.07, 6.45) is -3.73. The van der Waals surface area contributed by atoms with Crippen LogP contribution in [0, 0.1) is 0 Å². The van der Waals surface area contributed by atoms with Crippen LogP contribution in [0.2, 0.25) is 0 Å². The Morgan fingerprint density at radius 3 is 2.74 bits per heavy atom. The molecule has 106 valence electrons. The average Bonchev–Trinajstić information content (AvgIpc) is 2.71. The van der Waals surface area contributed by atoms with Crippen molar-refractivity contribution in [2.75, 3.05) is 26.7 Å². The van der Waals surface area contributed by atoms with Crippen molar-refractivity contribution in [3.63, 3.8) is 0 Å². The maximum atomic E-state index is 12.4. The van der Waals surface area contributed by atoms with Gasteiger partial charge in [0.2, 0.25) is 0 Å². The number of methoxy groups -OCH3 is 1. The van der Waals surface area contributed by atoms with Gasteiger partial charge in [0.15, 0.2) is 0 Å². The van der Waals surface area contributed by atoms with E-state index in [0.29, 0.717) is 18.5 Å². The lowest BCUT2D eigenvalue weighted by Gasteiger charge is -2.29. The smallest absolute Gasteiger partial charge is 0.401 e. The molecule has 6 heteroatoms. The number of hydrogen-bond donors (Lipinski definition) is 1. The number of ether oxygens (including phenoxy) is 1. The van der Waals surface area contributed by atoms with Gasteiger partial charge in [0.25, 0.3) is 0 Å². The first kappa shape index (κ1) is 14.1. The van der Waals surface area contributed by atoms with Crippen LogP contribution >= 0.6 is 0 Å². The van der Waals surface area contributed by atoms with Gasteiger partial charge in [0.1, 0.15) is 11.4 Å². The van der Waals surface area contributed by atoms with Crippen molar-refractivity contribution in [2.45, 2.75) is 18.2 Å². The van der Waals surface area contributed by atoms with Crippen LogP contribution in [0.3, 0.4) is 0 Å². The van der Waals surface area contributed by atoms with E-state index in [1.54, 1.807) is 18.2 Å². The molecule has 1 unspecified atom stereocenters. The summed E-state index contributed by atoms with van der Waals surface area (Å²) in [5.74, 6) is 0.0863. The number of phenols is 1. The zero-order valence-electron chi connectivity index (χ0n) is 10.6. The van der Waals surface area contributed by atoms with E-state index in [2.05, 4.69) is 0 Å². The first-order chi connectivity index (χ1) is 8.85. The van der Waals surface area contributed by atoms with Crippen LogP contribution in [0.5, 0.6) is 5.75 Å². The van der Waals surface area contributed by atoms with Crippen molar-refractivity contribution in [3.8, 4) is 5.75 Å². The molecule has 1 fully saturated rings. The normalized spacial score (nSPS) is 24.8. The zero-order valence-corrected chi connectivity index (χ0v) is 10.6. The number of halogens is 3. The highest BCUT2D eigenvalue weighted by molar-refractivity contribution is 5.32. The number of phenolic OH excluding ortho intramolecular Hbond substituents is 1. The van der Waals surface area contributed by atoms with Gasteiger partial charge < -0.3 is 9.84 Å². The van der Waals surface area contributed by atoms with Crippen LogP contribution in [-0.2, 0) is 10.3 Å². The number of aromatic hydroxyl groups is 1. The minimum atomic E-state index is -4.21. The summed E-state index contributed by atoms with van der Waals surface area (Å²) in [5, 5.41) is 9.49. The van der Waals surface area contributed by atoms with Crippen molar-refractivity contribution in [3.05, 3.63) is 29.8 Å². The van der Waals surface area contributed by atoms with Gasteiger partial charge in [-0.15, -0.1) is 0 Å². The molecule has 0 radical (unpaired) electrons. The predicted molar refractivity (Wildman–Crippen MR) is 63.9 cm³/mol. The number of rotatable bonds is 3. The van der Waals surface area contributed by atoms with E-state index in [4.69, 9.17) is 4.74 Å². The minimum absolute atomic E-state index is 0.0863. The second-order valence-corrected chi connectivity index (χ2v) is 4.82. The van der Waals surface area contributed by atoms with Crippen LogP contribution < -0.4 is 0 Å². The Hall–Kier alpha value is -1.27. The zero-order chi connectivity index (χ0) is 14.1. The second-order valence-electron chi connectivity index (χ2n) is 4.82. The fourth-order valence-electron chi connectivity index (χ4n) is 2.56. The fourth-order valence-corrected chi connectivity index (χ4v) is 2.56. The van der Waals surface area contributed by atoms with Gasteiger partial charge in [-0.05, 0) is 24.1 Å². The Kier molecular flexibility index (Phi) is 3.73. The molecular formula is C13H16F3NO2. The Morgan fingerprint density at radius 1 is 1.42 bits per heavy atom. The maximum absolute atomic E-state index is 12.4. The second kappa shape index (κ2) is 5.02. The van der Waals surface area contributed by atoms with E-state index >= 15 is 0 Å². The van der Waals surface area contributed by atoms with Gasteiger partial charge in [0, 0.05) is 20.2 Å². The molecule has 0 saturated carbocycles. The maximum Gasteiger partial charge on any atom is 0.401 e. The number of nitrogens with zero attached hydrogens (tertiary/aromatic N) is 1. The van der Waals surface area contributed by atoms with E-state index in [-0.39, 0.29) is 12.3 Å². The molecular weight excluding hydrogens is 259 g/mol. The van der Waals surface area contributed by atoms with Gasteiger partial charge in [0.05, 0.1) is 6.54 Å². The molecule has 2 rings (SSSR count). The Balaban J connectivity index is 2.18. The highest BCUT2D eigenvalue weighted by Gasteiger charge is 2.43. The summed E-state index contributed by atoms with van der Waals surface area (Å²) in [4.78, 5) is 1.33. The first-order valence-electron chi connectivity index (χ1n) is 5.98. The van der Waals surface area contributed by atoms with Crippen LogP contribution in [0.4, 0.5) is 13.2 Å². The third-order valence-corrected chi connectivity index (χ3v) is 3.48. The summed E-state index contributed by atoms with van der Waals surface area (Å²) < 4.78 is 42.7. The molecule has 0 aromatic heterocycles. The van der Waals surface area contributed by atoms with E-state index in [1.807, 2.05) is 0 Å². The van der Waals surface area contributed by atoms with E-state index < -0.39 is 18.3 Å². The molecule has 0 aliphatic carbocycles. The summed E-state index contributed by atoms with van der Waals surface area (Å²) in [6, 6.07) is 6.49. The van der Waals surface area contributed by atoms with Gasteiger partial charge in [-0.3, -0.25) is 4.90 Å². The molecule has 1 N–H and O–H groups in total. The SMILES string of the molecule is COC1(c2cccc(O)c2)CCN(CC(F)(F)F)C1. The minimum Gasteiger partial charge on any atom is -0.508 e.